The topological polar surface area (TPSA) is 94.1 Å². The van der Waals surface area contributed by atoms with Crippen molar-refractivity contribution in [3.05, 3.63) is 58.8 Å². The van der Waals surface area contributed by atoms with Gasteiger partial charge in [-0.3, -0.25) is 9.59 Å². The number of allylic oxidation sites excluding steroid dienone is 2. The van der Waals surface area contributed by atoms with E-state index in [0.29, 0.717) is 48.0 Å². The van der Waals surface area contributed by atoms with Crippen LogP contribution in [-0.2, 0) is 9.59 Å². The first-order valence-electron chi connectivity index (χ1n) is 10.7. The van der Waals surface area contributed by atoms with Gasteiger partial charge < -0.3 is 24.6 Å². The second kappa shape index (κ2) is 8.94. The number of rotatable bonds is 6. The summed E-state index contributed by atoms with van der Waals surface area (Å²) in [6.07, 6.45) is 1.08. The van der Waals surface area contributed by atoms with Crippen LogP contribution in [0, 0.1) is 0 Å². The molecule has 2 N–H and O–H groups in total. The van der Waals surface area contributed by atoms with E-state index >= 15 is 0 Å². The van der Waals surface area contributed by atoms with Gasteiger partial charge in [-0.25, -0.2) is 0 Å². The molecule has 0 radical (unpaired) electrons. The van der Waals surface area contributed by atoms with Crippen molar-refractivity contribution in [2.45, 2.75) is 38.0 Å². The van der Waals surface area contributed by atoms with Crippen molar-refractivity contribution < 1.29 is 28.9 Å². The minimum atomic E-state index is -0.364. The number of Topliss-reactive ketones (excluding diaryl/α,β-unsaturated/α-hetero) is 1. The fourth-order valence-electron chi connectivity index (χ4n) is 4.61. The van der Waals surface area contributed by atoms with Crippen LogP contribution in [0.5, 0.6) is 23.0 Å². The van der Waals surface area contributed by atoms with Gasteiger partial charge in [0.15, 0.2) is 28.8 Å². The molecule has 4 rings (SSSR count). The van der Waals surface area contributed by atoms with Gasteiger partial charge in [0.1, 0.15) is 0 Å². The summed E-state index contributed by atoms with van der Waals surface area (Å²) >= 11 is 0. The Hall–Kier alpha value is -3.48. The van der Waals surface area contributed by atoms with E-state index in [4.69, 9.17) is 14.2 Å². The van der Waals surface area contributed by atoms with Gasteiger partial charge in [0.25, 0.3) is 0 Å². The molecule has 0 spiro atoms. The maximum atomic E-state index is 13.3. The number of phenols is 1. The number of aromatic hydroxyl groups is 1. The fraction of sp³-hybridized carbons (Fsp3) is 0.360. The smallest absolute Gasteiger partial charge is 0.225 e. The Balaban J connectivity index is 1.69. The summed E-state index contributed by atoms with van der Waals surface area (Å²) in [6.45, 7) is 2.24. The maximum absolute atomic E-state index is 13.3. The van der Waals surface area contributed by atoms with Crippen LogP contribution in [0.25, 0.3) is 0 Å². The molecule has 0 aromatic heterocycles. The third-order valence-corrected chi connectivity index (χ3v) is 6.10. The molecule has 7 heteroatoms. The number of benzene rings is 2. The van der Waals surface area contributed by atoms with E-state index in [-0.39, 0.29) is 35.7 Å². The van der Waals surface area contributed by atoms with Gasteiger partial charge in [0.05, 0.1) is 20.8 Å². The lowest BCUT2D eigenvalue weighted by Crippen LogP contribution is -2.38. The number of nitrogens with one attached hydrogen (secondary N) is 1. The number of carbonyl (C=O) groups is 2. The molecular formula is C25H27NO6. The normalized spacial score (nSPS) is 20.5. The van der Waals surface area contributed by atoms with E-state index in [2.05, 4.69) is 5.32 Å². The zero-order valence-corrected chi connectivity index (χ0v) is 18.4. The summed E-state index contributed by atoms with van der Waals surface area (Å²) in [5.74, 6) is 1.08. The summed E-state index contributed by atoms with van der Waals surface area (Å²) in [6, 6.07) is 10.7. The third-order valence-electron chi connectivity index (χ3n) is 6.10. The van der Waals surface area contributed by atoms with Crippen LogP contribution in [0.15, 0.2) is 47.7 Å². The first-order chi connectivity index (χ1) is 15.4. The Bertz CT molecular complexity index is 1090. The molecule has 2 aromatic carbocycles. The molecular weight excluding hydrogens is 410 g/mol. The lowest BCUT2D eigenvalue weighted by atomic mass is 9.73. The van der Waals surface area contributed by atoms with Crippen molar-refractivity contribution in [1.82, 2.24) is 5.32 Å². The van der Waals surface area contributed by atoms with Crippen molar-refractivity contribution in [2.75, 3.05) is 20.8 Å². The van der Waals surface area contributed by atoms with E-state index in [0.717, 1.165) is 11.1 Å². The van der Waals surface area contributed by atoms with Crippen LogP contribution in [0.4, 0.5) is 0 Å². The summed E-state index contributed by atoms with van der Waals surface area (Å²) < 4.78 is 16.2. The van der Waals surface area contributed by atoms with E-state index in [9.17, 15) is 14.7 Å². The number of carbonyl (C=O) groups excluding carboxylic acids is 2. The molecule has 0 fully saturated rings. The summed E-state index contributed by atoms with van der Waals surface area (Å²) in [5, 5.41) is 13.0. The summed E-state index contributed by atoms with van der Waals surface area (Å²) in [4.78, 5) is 25.9. The van der Waals surface area contributed by atoms with Gasteiger partial charge >= 0.3 is 0 Å². The number of hydrogen-bond donors (Lipinski definition) is 2. The highest BCUT2D eigenvalue weighted by Gasteiger charge is 2.38. The molecule has 2 aromatic rings. The average molecular weight is 437 g/mol. The van der Waals surface area contributed by atoms with Gasteiger partial charge in [0.2, 0.25) is 5.91 Å². The van der Waals surface area contributed by atoms with Crippen LogP contribution >= 0.6 is 0 Å². The molecule has 1 heterocycles. The van der Waals surface area contributed by atoms with E-state index in [1.165, 1.54) is 0 Å². The molecule has 0 saturated carbocycles. The quantitative estimate of drug-likeness (QED) is 0.714. The van der Waals surface area contributed by atoms with Crippen LogP contribution in [0.1, 0.15) is 49.1 Å². The van der Waals surface area contributed by atoms with Gasteiger partial charge in [0, 0.05) is 30.0 Å². The van der Waals surface area contributed by atoms with Gasteiger partial charge in [-0.05, 0) is 54.7 Å². The predicted octanol–water partition coefficient (Wildman–Crippen LogP) is 3.81. The van der Waals surface area contributed by atoms with Crippen molar-refractivity contribution in [3.8, 4) is 23.0 Å². The molecule has 0 bridgehead atoms. The highest BCUT2D eigenvalue weighted by molar-refractivity contribution is 6.02. The number of hydrogen-bond acceptors (Lipinski definition) is 6. The monoisotopic (exact) mass is 437 g/mol. The first kappa shape index (κ1) is 21.7. The van der Waals surface area contributed by atoms with E-state index in [1.54, 1.807) is 32.4 Å². The lowest BCUT2D eigenvalue weighted by molar-refractivity contribution is -0.122. The SMILES string of the molecule is CCOc1cc([C@@H]2CC(=O)NC3=C2C(=O)C[C@H](c2ccc(OC)c(OC)c2)C3)ccc1O. The van der Waals surface area contributed by atoms with Crippen LogP contribution in [-0.4, -0.2) is 37.6 Å². The molecule has 1 aliphatic heterocycles. The largest absolute Gasteiger partial charge is 0.504 e. The summed E-state index contributed by atoms with van der Waals surface area (Å²) in [7, 11) is 3.16. The fourth-order valence-corrected chi connectivity index (χ4v) is 4.61. The predicted molar refractivity (Wildman–Crippen MR) is 118 cm³/mol. The van der Waals surface area contributed by atoms with Gasteiger partial charge in [-0.2, -0.15) is 0 Å². The number of methoxy groups -OCH3 is 2. The molecule has 0 saturated heterocycles. The number of ether oxygens (including phenoxy) is 3. The Morgan fingerprint density at radius 2 is 1.66 bits per heavy atom. The highest BCUT2D eigenvalue weighted by atomic mass is 16.5. The van der Waals surface area contributed by atoms with Crippen LogP contribution in [0.2, 0.25) is 0 Å². The molecule has 1 aliphatic carbocycles. The highest BCUT2D eigenvalue weighted by Crippen LogP contribution is 2.44. The van der Waals surface area contributed by atoms with Crippen LogP contribution < -0.4 is 19.5 Å². The Morgan fingerprint density at radius 1 is 0.938 bits per heavy atom. The number of amides is 1. The van der Waals surface area contributed by atoms with Crippen molar-refractivity contribution in [3.63, 3.8) is 0 Å². The Kier molecular flexibility index (Phi) is 6.08. The second-order valence-electron chi connectivity index (χ2n) is 8.00. The zero-order chi connectivity index (χ0) is 22.8. The minimum absolute atomic E-state index is 0.0158. The minimum Gasteiger partial charge on any atom is -0.504 e. The lowest BCUT2D eigenvalue weighted by Gasteiger charge is -2.34. The molecule has 1 amide bonds. The first-order valence-corrected chi connectivity index (χ1v) is 10.7. The number of ketones is 1. The standard InChI is InChI=1S/C25H27NO6/c1-4-32-22-12-15(5-7-19(22)27)17-13-24(29)26-18-9-16(10-20(28)25(17)18)14-6-8-21(30-2)23(11-14)31-3/h5-8,11-12,16-17,27H,4,9-10,13H2,1-3H3,(H,26,29)/t16-,17+/m1/s1. The number of phenolic OH excluding ortho intramolecular Hbond substituents is 1. The molecule has 2 aliphatic rings. The second-order valence-corrected chi connectivity index (χ2v) is 8.00. The van der Waals surface area contributed by atoms with Gasteiger partial charge in [-0.15, -0.1) is 0 Å². The third kappa shape index (κ3) is 4.02. The average Bonchev–Trinajstić information content (AvgIpc) is 2.79. The molecule has 32 heavy (non-hydrogen) atoms. The Labute approximate surface area is 187 Å². The molecule has 7 nitrogen and oxygen atoms in total. The molecule has 2 atom stereocenters. The van der Waals surface area contributed by atoms with Crippen LogP contribution in [0.3, 0.4) is 0 Å². The molecule has 0 unspecified atom stereocenters. The van der Waals surface area contributed by atoms with E-state index < -0.39 is 0 Å². The zero-order valence-electron chi connectivity index (χ0n) is 18.4. The van der Waals surface area contributed by atoms with Crippen molar-refractivity contribution >= 4 is 11.7 Å². The summed E-state index contributed by atoms with van der Waals surface area (Å²) in [5.41, 5.74) is 3.07. The molecule has 168 valence electrons. The van der Waals surface area contributed by atoms with Gasteiger partial charge in [-0.1, -0.05) is 12.1 Å². The van der Waals surface area contributed by atoms with Crippen molar-refractivity contribution in [2.24, 2.45) is 0 Å². The maximum Gasteiger partial charge on any atom is 0.225 e. The van der Waals surface area contributed by atoms with Crippen molar-refractivity contribution in [1.29, 1.82) is 0 Å². The Morgan fingerprint density at radius 3 is 2.38 bits per heavy atom. The van der Waals surface area contributed by atoms with E-state index in [1.807, 2.05) is 25.1 Å².